The number of unbranched alkanes of at least 4 members (excludes halogenated alkanes) is 1. The summed E-state index contributed by atoms with van der Waals surface area (Å²) in [5, 5.41) is 0. The van der Waals surface area contributed by atoms with E-state index in [0.717, 1.165) is 6.42 Å². The molecule has 0 heterocycles. The summed E-state index contributed by atoms with van der Waals surface area (Å²) in [4.78, 5) is 0. The van der Waals surface area contributed by atoms with Crippen molar-refractivity contribution in [1.29, 1.82) is 0 Å². The molecule has 0 radical (unpaired) electrons. The summed E-state index contributed by atoms with van der Waals surface area (Å²) in [6.45, 7) is 32.9. The second-order valence-corrected chi connectivity index (χ2v) is 1.49. The van der Waals surface area contributed by atoms with Gasteiger partial charge in [-0.1, -0.05) is 80.9 Å². The molecule has 0 aliphatic heterocycles. The molecule has 0 aromatic rings. The van der Waals surface area contributed by atoms with Crippen LogP contribution in [-0.2, 0) is 0 Å². The summed E-state index contributed by atoms with van der Waals surface area (Å²) in [7, 11) is 0. The highest BCUT2D eigenvalue weighted by Crippen LogP contribution is 1.82. The van der Waals surface area contributed by atoms with Crippen molar-refractivity contribution in [3.63, 3.8) is 0 Å². The lowest BCUT2D eigenvalue weighted by atomic mass is 10.3. The first-order valence-corrected chi connectivity index (χ1v) is 7.51. The second kappa shape index (κ2) is 362. The fourth-order valence-electron chi connectivity index (χ4n) is 0.204. The van der Waals surface area contributed by atoms with Gasteiger partial charge in [-0.2, -0.15) is 0 Å². The molecular weight excluding hydrogens is 216 g/mol. The van der Waals surface area contributed by atoms with E-state index in [-0.39, 0.29) is 0 Å². The van der Waals surface area contributed by atoms with Gasteiger partial charge in [0.25, 0.3) is 0 Å². The molecule has 0 aliphatic rings. The predicted molar refractivity (Wildman–Crippen MR) is 97.6 cm³/mol. The lowest BCUT2D eigenvalue weighted by Gasteiger charge is -1.72. The maximum atomic E-state index is 3.55. The lowest BCUT2D eigenvalue weighted by Crippen LogP contribution is -1.52. The van der Waals surface area contributed by atoms with Crippen LogP contribution in [0.4, 0.5) is 0 Å². The van der Waals surface area contributed by atoms with Crippen LogP contribution >= 0.6 is 0 Å². The molecule has 0 rings (SSSR count). The van der Waals surface area contributed by atoms with Crippen LogP contribution in [0.15, 0.2) is 38.5 Å². The van der Waals surface area contributed by atoms with Crippen LogP contribution in [0.1, 0.15) is 82.1 Å². The Balaban J connectivity index is -0.0000000166. The molecule has 0 heteroatoms. The highest BCUT2D eigenvalue weighted by atomic mass is 13.7. The molecule has 0 saturated heterocycles. The van der Waals surface area contributed by atoms with Crippen molar-refractivity contribution in [3.8, 4) is 0 Å². The van der Waals surface area contributed by atoms with E-state index >= 15 is 0 Å². The van der Waals surface area contributed by atoms with Gasteiger partial charge in [0.15, 0.2) is 0 Å². The molecule has 0 N–H and O–H groups in total. The van der Waals surface area contributed by atoms with Crippen LogP contribution in [0.25, 0.3) is 0 Å². The standard InChI is InChI=1S/C5H10.C3H6.4C2H6.C2H4/c1-3-5-4-2;1-3-2;5*1-2/h3H,1,4-5H2,2H3;3H,1H2,2H3;4*1-2H3;1-2H2. The molecule has 0 spiro atoms. The van der Waals surface area contributed by atoms with Gasteiger partial charge in [-0.15, -0.1) is 26.3 Å². The van der Waals surface area contributed by atoms with Crippen molar-refractivity contribution < 1.29 is 0 Å². The molecule has 0 fully saturated rings. The third kappa shape index (κ3) is 2070. The molecule has 18 heavy (non-hydrogen) atoms. The fourth-order valence-corrected chi connectivity index (χ4v) is 0.204. The smallest absolute Gasteiger partial charge is 0.0356 e. The largest absolute Gasteiger partial charge is 0.106 e. The van der Waals surface area contributed by atoms with Gasteiger partial charge in [0.2, 0.25) is 0 Å². The molecule has 0 atom stereocenters. The zero-order valence-corrected chi connectivity index (χ0v) is 15.4. The Labute approximate surface area is 121 Å². The maximum absolute atomic E-state index is 3.55. The van der Waals surface area contributed by atoms with Gasteiger partial charge < -0.3 is 0 Å². The van der Waals surface area contributed by atoms with Crippen LogP contribution in [0.3, 0.4) is 0 Å². The average Bonchev–Trinajstić information content (AvgIpc) is 2.51. The first-order valence-electron chi connectivity index (χ1n) is 7.51. The van der Waals surface area contributed by atoms with Gasteiger partial charge in [0.1, 0.15) is 0 Å². The molecule has 0 saturated carbocycles. The van der Waals surface area contributed by atoms with Gasteiger partial charge in [0.05, 0.1) is 0 Å². The summed E-state index contributed by atoms with van der Waals surface area (Å²) in [5.41, 5.74) is 0. The van der Waals surface area contributed by atoms with Crippen LogP contribution in [0.2, 0.25) is 0 Å². The van der Waals surface area contributed by atoms with Gasteiger partial charge >= 0.3 is 0 Å². The highest BCUT2D eigenvalue weighted by Gasteiger charge is 1.61. The Morgan fingerprint density at radius 2 is 0.889 bits per heavy atom. The Hall–Kier alpha value is -0.780. The van der Waals surface area contributed by atoms with E-state index in [1.807, 2.05) is 68.4 Å². The van der Waals surface area contributed by atoms with Crippen molar-refractivity contribution in [2.75, 3.05) is 0 Å². The highest BCUT2D eigenvalue weighted by molar-refractivity contribution is 4.63. The number of hydrogen-bond donors (Lipinski definition) is 0. The minimum Gasteiger partial charge on any atom is -0.106 e. The normalized spacial score (nSPS) is 4.33. The number of rotatable bonds is 2. The Kier molecular flexibility index (Phi) is 873. The van der Waals surface area contributed by atoms with Crippen LogP contribution in [0, 0.1) is 0 Å². The summed E-state index contributed by atoms with van der Waals surface area (Å²) >= 11 is 0. The zero-order valence-electron chi connectivity index (χ0n) is 15.4. The van der Waals surface area contributed by atoms with Gasteiger partial charge in [-0.05, 0) is 13.3 Å². The minimum absolute atomic E-state index is 1.15. The average molecular weight is 261 g/mol. The van der Waals surface area contributed by atoms with E-state index < -0.39 is 0 Å². The van der Waals surface area contributed by atoms with Crippen molar-refractivity contribution in [1.82, 2.24) is 0 Å². The first-order chi connectivity index (χ1) is 8.83. The zero-order chi connectivity index (χ0) is 16.8. The molecule has 0 aromatic heterocycles. The summed E-state index contributed by atoms with van der Waals surface area (Å²) < 4.78 is 0. The monoisotopic (exact) mass is 260 g/mol. The number of allylic oxidation sites excluding steroid dienone is 2. The van der Waals surface area contributed by atoms with E-state index in [4.69, 9.17) is 0 Å². The third-order valence-electron chi connectivity index (χ3n) is 0.493. The van der Waals surface area contributed by atoms with E-state index in [2.05, 4.69) is 33.2 Å². The maximum Gasteiger partial charge on any atom is -0.0356 e. The molecule has 0 aromatic carbocycles. The summed E-state index contributed by atoms with van der Waals surface area (Å²) in [6, 6.07) is 0. The van der Waals surface area contributed by atoms with Crippen LogP contribution in [-0.4, -0.2) is 0 Å². The van der Waals surface area contributed by atoms with Crippen LogP contribution in [0.5, 0.6) is 0 Å². The quantitative estimate of drug-likeness (QED) is 0.440. The van der Waals surface area contributed by atoms with E-state index in [1.54, 1.807) is 6.08 Å². The molecule has 116 valence electrons. The molecule has 0 amide bonds. The van der Waals surface area contributed by atoms with Gasteiger partial charge in [-0.25, -0.2) is 0 Å². The van der Waals surface area contributed by atoms with E-state index in [1.165, 1.54) is 6.42 Å². The Bertz CT molecular complexity index is 53.1. The topological polar surface area (TPSA) is 0 Å². The van der Waals surface area contributed by atoms with Gasteiger partial charge in [-0.3, -0.25) is 0 Å². The van der Waals surface area contributed by atoms with Crippen molar-refractivity contribution in [3.05, 3.63) is 38.5 Å². The molecule has 0 unspecified atom stereocenters. The van der Waals surface area contributed by atoms with Crippen molar-refractivity contribution in [2.24, 2.45) is 0 Å². The van der Waals surface area contributed by atoms with Gasteiger partial charge in [0, 0.05) is 0 Å². The Morgan fingerprint density at radius 3 is 0.889 bits per heavy atom. The van der Waals surface area contributed by atoms with E-state index in [9.17, 15) is 0 Å². The fraction of sp³-hybridized carbons (Fsp3) is 0.667. The second-order valence-electron chi connectivity index (χ2n) is 1.49. The number of hydrogen-bond acceptors (Lipinski definition) is 0. The molecular formula is C18H44. The molecule has 0 nitrogen and oxygen atoms in total. The molecule has 0 bridgehead atoms. The lowest BCUT2D eigenvalue weighted by molar-refractivity contribution is 0.961. The Morgan fingerprint density at radius 1 is 0.722 bits per heavy atom. The molecule has 0 aliphatic carbocycles. The minimum atomic E-state index is 1.15. The SMILES string of the molecule is C=C.C=CC.C=CCCC.CC.CC.CC.CC. The predicted octanol–water partition coefficient (Wildman–Crippen LogP) is 8.07. The third-order valence-corrected chi connectivity index (χ3v) is 0.493. The summed E-state index contributed by atoms with van der Waals surface area (Å²) in [6.07, 6.45) is 6.06. The van der Waals surface area contributed by atoms with Crippen molar-refractivity contribution in [2.45, 2.75) is 82.1 Å². The first kappa shape index (κ1) is 43.4. The van der Waals surface area contributed by atoms with Crippen LogP contribution < -0.4 is 0 Å². The summed E-state index contributed by atoms with van der Waals surface area (Å²) in [5.74, 6) is 0. The van der Waals surface area contributed by atoms with Crippen molar-refractivity contribution >= 4 is 0 Å². The van der Waals surface area contributed by atoms with E-state index in [0.29, 0.717) is 0 Å².